The van der Waals surface area contributed by atoms with Gasteiger partial charge in [-0.25, -0.2) is 0 Å². The topological polar surface area (TPSA) is 46.9 Å². The Labute approximate surface area is 145 Å². The van der Waals surface area contributed by atoms with Crippen LogP contribution in [0.4, 0.5) is 18.9 Å². The van der Waals surface area contributed by atoms with E-state index in [-0.39, 0.29) is 17.1 Å². The molecule has 1 N–H and O–H groups in total. The zero-order chi connectivity index (χ0) is 17.5. The third kappa shape index (κ3) is 3.37. The van der Waals surface area contributed by atoms with Gasteiger partial charge in [-0.1, -0.05) is 23.2 Å². The molecule has 0 saturated carbocycles. The van der Waals surface area contributed by atoms with Gasteiger partial charge in [0.2, 0.25) is 5.91 Å². The summed E-state index contributed by atoms with van der Waals surface area (Å²) in [6, 6.07) is 4.55. The number of nitrogens with zero attached hydrogens (tertiary/aromatic N) is 2. The number of hydrogen-bond acceptors (Lipinski definition) is 2. The SMILES string of the molecule is O=C(Cn1nc(C(F)(F)F)c2c1CCC2)Nc1cc(Cl)ccc1Cl. The Kier molecular flexibility index (Phi) is 4.48. The molecule has 0 atom stereocenters. The Morgan fingerprint density at radius 2 is 2.04 bits per heavy atom. The molecule has 0 radical (unpaired) electrons. The van der Waals surface area contributed by atoms with Crippen LogP contribution in [0.15, 0.2) is 18.2 Å². The molecule has 1 amide bonds. The van der Waals surface area contributed by atoms with Gasteiger partial charge in [0.25, 0.3) is 0 Å². The highest BCUT2D eigenvalue weighted by atomic mass is 35.5. The van der Waals surface area contributed by atoms with Gasteiger partial charge in [-0.05, 0) is 37.5 Å². The summed E-state index contributed by atoms with van der Waals surface area (Å²) in [5.41, 5.74) is 0.0587. The van der Waals surface area contributed by atoms with Crippen LogP contribution in [0, 0.1) is 0 Å². The van der Waals surface area contributed by atoms with Crippen LogP contribution in [-0.4, -0.2) is 15.7 Å². The molecule has 0 aliphatic heterocycles. The number of aromatic nitrogens is 2. The molecule has 9 heteroatoms. The molecule has 0 unspecified atom stereocenters. The van der Waals surface area contributed by atoms with Crippen molar-refractivity contribution in [1.29, 1.82) is 0 Å². The summed E-state index contributed by atoms with van der Waals surface area (Å²) in [5.74, 6) is -0.523. The smallest absolute Gasteiger partial charge is 0.323 e. The molecule has 0 fully saturated rings. The number of halogens is 5. The van der Waals surface area contributed by atoms with Gasteiger partial charge in [0.1, 0.15) is 6.54 Å². The van der Waals surface area contributed by atoms with E-state index in [2.05, 4.69) is 10.4 Å². The lowest BCUT2D eigenvalue weighted by molar-refractivity contribution is -0.142. The fourth-order valence-electron chi connectivity index (χ4n) is 2.79. The molecule has 0 saturated heterocycles. The predicted octanol–water partition coefficient (Wildman–Crippen LogP) is 4.34. The Hall–Kier alpha value is -1.73. The molecule has 1 aromatic heterocycles. The van der Waals surface area contributed by atoms with Crippen LogP contribution in [0.1, 0.15) is 23.4 Å². The van der Waals surface area contributed by atoms with Crippen molar-refractivity contribution < 1.29 is 18.0 Å². The summed E-state index contributed by atoms with van der Waals surface area (Å²) in [6.45, 7) is -0.318. The highest BCUT2D eigenvalue weighted by molar-refractivity contribution is 6.35. The molecule has 1 aliphatic rings. The average molecular weight is 378 g/mol. The first-order valence-corrected chi connectivity index (χ1v) is 7.92. The van der Waals surface area contributed by atoms with Crippen molar-refractivity contribution in [3.8, 4) is 0 Å². The Morgan fingerprint density at radius 1 is 1.29 bits per heavy atom. The van der Waals surface area contributed by atoms with Crippen molar-refractivity contribution in [2.75, 3.05) is 5.32 Å². The van der Waals surface area contributed by atoms with Crippen molar-refractivity contribution in [2.24, 2.45) is 0 Å². The van der Waals surface area contributed by atoms with Crippen LogP contribution >= 0.6 is 23.2 Å². The van der Waals surface area contributed by atoms with Crippen LogP contribution in [0.25, 0.3) is 0 Å². The number of carbonyl (C=O) groups is 1. The third-order valence-electron chi connectivity index (χ3n) is 3.77. The monoisotopic (exact) mass is 377 g/mol. The van der Waals surface area contributed by atoms with E-state index >= 15 is 0 Å². The number of fused-ring (bicyclic) bond motifs is 1. The summed E-state index contributed by atoms with van der Waals surface area (Å²) >= 11 is 11.8. The number of nitrogens with one attached hydrogen (secondary N) is 1. The fraction of sp³-hybridized carbons (Fsp3) is 0.333. The van der Waals surface area contributed by atoms with Crippen LogP contribution in [-0.2, 0) is 30.4 Å². The second kappa shape index (κ2) is 6.29. The van der Waals surface area contributed by atoms with Crippen molar-refractivity contribution >= 4 is 34.8 Å². The van der Waals surface area contributed by atoms with Crippen molar-refractivity contribution in [2.45, 2.75) is 32.0 Å². The van der Waals surface area contributed by atoms with Crippen LogP contribution < -0.4 is 5.32 Å². The molecule has 128 valence electrons. The Balaban J connectivity index is 1.82. The third-order valence-corrected chi connectivity index (χ3v) is 4.34. The van der Waals surface area contributed by atoms with Crippen molar-refractivity contribution in [3.63, 3.8) is 0 Å². The van der Waals surface area contributed by atoms with E-state index in [0.29, 0.717) is 35.7 Å². The summed E-state index contributed by atoms with van der Waals surface area (Å²) in [6.07, 6.45) is -3.10. The van der Waals surface area contributed by atoms with Crippen LogP contribution in [0.2, 0.25) is 10.0 Å². The van der Waals surface area contributed by atoms with Crippen LogP contribution in [0.3, 0.4) is 0 Å². The number of hydrogen-bond donors (Lipinski definition) is 1. The summed E-state index contributed by atoms with van der Waals surface area (Å²) in [5, 5.41) is 6.81. The molecule has 2 aromatic rings. The molecular formula is C15H12Cl2F3N3O. The maximum Gasteiger partial charge on any atom is 0.435 e. The standard InChI is InChI=1S/C15H12Cl2F3N3O/c16-8-4-5-10(17)11(6-8)21-13(24)7-23-12-3-1-2-9(12)14(22-23)15(18,19)20/h4-6H,1-3,7H2,(H,21,24). The molecule has 1 aromatic carbocycles. The quantitative estimate of drug-likeness (QED) is 0.864. The van der Waals surface area contributed by atoms with E-state index in [9.17, 15) is 18.0 Å². The minimum Gasteiger partial charge on any atom is -0.323 e. The zero-order valence-corrected chi connectivity index (χ0v) is 13.8. The highest BCUT2D eigenvalue weighted by Gasteiger charge is 2.40. The number of alkyl halides is 3. The van der Waals surface area contributed by atoms with Crippen molar-refractivity contribution in [1.82, 2.24) is 9.78 Å². The van der Waals surface area contributed by atoms with Gasteiger partial charge in [-0.15, -0.1) is 0 Å². The van der Waals surface area contributed by atoms with E-state index in [0.717, 1.165) is 4.68 Å². The maximum atomic E-state index is 13.0. The van der Waals surface area contributed by atoms with Gasteiger partial charge in [0, 0.05) is 16.3 Å². The second-order valence-corrected chi connectivity index (χ2v) is 6.30. The normalized spacial score (nSPS) is 13.9. The number of carbonyl (C=O) groups excluding carboxylic acids is 1. The van der Waals surface area contributed by atoms with Gasteiger partial charge in [0.15, 0.2) is 5.69 Å². The first kappa shape index (κ1) is 17.1. The number of anilines is 1. The largest absolute Gasteiger partial charge is 0.435 e. The Bertz CT molecular complexity index is 802. The van der Waals surface area contributed by atoms with E-state index in [1.165, 1.54) is 12.1 Å². The molecular weight excluding hydrogens is 366 g/mol. The first-order valence-electron chi connectivity index (χ1n) is 7.16. The molecule has 3 rings (SSSR count). The van der Waals surface area contributed by atoms with E-state index in [1.54, 1.807) is 6.07 Å². The molecule has 1 heterocycles. The summed E-state index contributed by atoms with van der Waals surface area (Å²) in [4.78, 5) is 12.1. The lowest BCUT2D eigenvalue weighted by Gasteiger charge is -2.09. The van der Waals surface area contributed by atoms with Gasteiger partial charge in [-0.2, -0.15) is 18.3 Å². The van der Waals surface area contributed by atoms with Gasteiger partial charge in [0.05, 0.1) is 10.7 Å². The number of benzene rings is 1. The molecule has 1 aliphatic carbocycles. The van der Waals surface area contributed by atoms with Crippen molar-refractivity contribution in [3.05, 3.63) is 45.2 Å². The van der Waals surface area contributed by atoms with E-state index in [4.69, 9.17) is 23.2 Å². The van der Waals surface area contributed by atoms with E-state index in [1.807, 2.05) is 0 Å². The lowest BCUT2D eigenvalue weighted by Crippen LogP contribution is -2.21. The molecule has 0 bridgehead atoms. The molecule has 24 heavy (non-hydrogen) atoms. The Morgan fingerprint density at radius 3 is 2.75 bits per heavy atom. The summed E-state index contributed by atoms with van der Waals surface area (Å²) in [7, 11) is 0. The minimum absolute atomic E-state index is 0.191. The number of rotatable bonds is 3. The highest BCUT2D eigenvalue weighted by Crippen LogP contribution is 2.36. The maximum absolute atomic E-state index is 13.0. The molecule has 4 nitrogen and oxygen atoms in total. The van der Waals surface area contributed by atoms with E-state index < -0.39 is 17.8 Å². The average Bonchev–Trinajstić information content (AvgIpc) is 3.05. The minimum atomic E-state index is -4.52. The second-order valence-electron chi connectivity index (χ2n) is 5.46. The lowest BCUT2D eigenvalue weighted by atomic mass is 10.2. The summed E-state index contributed by atoms with van der Waals surface area (Å²) < 4.78 is 40.2. The molecule has 0 spiro atoms. The predicted molar refractivity (Wildman–Crippen MR) is 84.3 cm³/mol. The van der Waals surface area contributed by atoms with Gasteiger partial charge < -0.3 is 5.32 Å². The first-order chi connectivity index (χ1) is 11.3. The number of amides is 1. The fourth-order valence-corrected chi connectivity index (χ4v) is 3.12. The van der Waals surface area contributed by atoms with Crippen LogP contribution in [0.5, 0.6) is 0 Å². The van der Waals surface area contributed by atoms with Gasteiger partial charge in [-0.3, -0.25) is 9.48 Å². The van der Waals surface area contributed by atoms with Gasteiger partial charge >= 0.3 is 6.18 Å². The zero-order valence-electron chi connectivity index (χ0n) is 12.3.